The fraction of sp³-hybridized carbons (Fsp3) is 0.143. The normalized spacial score (nSPS) is 14.1. The highest BCUT2D eigenvalue weighted by Gasteiger charge is 2.31. The summed E-state index contributed by atoms with van der Waals surface area (Å²) in [6.45, 7) is 1.25. The van der Waals surface area contributed by atoms with Crippen molar-refractivity contribution in [2.75, 3.05) is 0 Å². The molecular weight excluding hydrogens is 260 g/mol. The van der Waals surface area contributed by atoms with E-state index in [1.807, 2.05) is 0 Å². The van der Waals surface area contributed by atoms with Crippen LogP contribution < -0.4 is 11.1 Å². The lowest BCUT2D eigenvalue weighted by atomic mass is 9.90. The number of fused-ring (bicyclic) bond motifs is 1. The molecule has 0 bridgehead atoms. The molecular formula is C14H12N2O4. The van der Waals surface area contributed by atoms with E-state index in [2.05, 4.69) is 5.32 Å². The standard InChI is InChI=1S/C14H12N2O4/c1-7(17)6-10(18)16-12-11(15)13(19)8-4-2-3-5-9(8)14(12)20/h2-5H,6,15H2,1H3,(H,16,18). The summed E-state index contributed by atoms with van der Waals surface area (Å²) in [6, 6.07) is 6.22. The summed E-state index contributed by atoms with van der Waals surface area (Å²) in [5, 5.41) is 2.25. The molecule has 0 heterocycles. The van der Waals surface area contributed by atoms with Crippen molar-refractivity contribution < 1.29 is 19.2 Å². The van der Waals surface area contributed by atoms with E-state index in [1.165, 1.54) is 19.1 Å². The van der Waals surface area contributed by atoms with Gasteiger partial charge in [-0.25, -0.2) is 0 Å². The number of nitrogens with one attached hydrogen (secondary N) is 1. The van der Waals surface area contributed by atoms with Crippen LogP contribution in [-0.2, 0) is 9.59 Å². The third-order valence-corrected chi connectivity index (χ3v) is 2.83. The maximum atomic E-state index is 12.2. The Morgan fingerprint density at radius 2 is 1.65 bits per heavy atom. The van der Waals surface area contributed by atoms with Crippen molar-refractivity contribution in [1.82, 2.24) is 5.32 Å². The first-order valence-electron chi connectivity index (χ1n) is 5.89. The molecule has 0 aromatic heterocycles. The predicted octanol–water partition coefficient (Wildman–Crippen LogP) is 0.331. The van der Waals surface area contributed by atoms with E-state index in [0.29, 0.717) is 0 Å². The van der Waals surface area contributed by atoms with Gasteiger partial charge >= 0.3 is 0 Å². The highest BCUT2D eigenvalue weighted by molar-refractivity contribution is 6.27. The third kappa shape index (κ3) is 2.35. The number of nitrogens with two attached hydrogens (primary N) is 1. The van der Waals surface area contributed by atoms with Crippen molar-refractivity contribution in [1.29, 1.82) is 0 Å². The van der Waals surface area contributed by atoms with Gasteiger partial charge in [0.25, 0.3) is 0 Å². The Morgan fingerprint density at radius 3 is 2.20 bits per heavy atom. The van der Waals surface area contributed by atoms with Gasteiger partial charge < -0.3 is 11.1 Å². The zero-order valence-electron chi connectivity index (χ0n) is 10.7. The molecule has 0 fully saturated rings. The molecule has 0 saturated heterocycles. The van der Waals surface area contributed by atoms with E-state index in [0.717, 1.165) is 0 Å². The van der Waals surface area contributed by atoms with Gasteiger partial charge in [0.15, 0.2) is 0 Å². The predicted molar refractivity (Wildman–Crippen MR) is 69.8 cm³/mol. The van der Waals surface area contributed by atoms with Crippen molar-refractivity contribution >= 4 is 23.3 Å². The zero-order valence-corrected chi connectivity index (χ0v) is 10.7. The van der Waals surface area contributed by atoms with Gasteiger partial charge in [-0.05, 0) is 6.92 Å². The maximum absolute atomic E-state index is 12.2. The van der Waals surface area contributed by atoms with Crippen LogP contribution in [0.1, 0.15) is 34.1 Å². The van der Waals surface area contributed by atoms with Gasteiger partial charge in [-0.1, -0.05) is 24.3 Å². The quantitative estimate of drug-likeness (QED) is 0.771. The second kappa shape index (κ2) is 5.08. The lowest BCUT2D eigenvalue weighted by molar-refractivity contribution is -0.126. The van der Waals surface area contributed by atoms with Crippen LogP contribution in [0.15, 0.2) is 35.7 Å². The van der Waals surface area contributed by atoms with Crippen LogP contribution in [0.4, 0.5) is 0 Å². The molecule has 1 aromatic carbocycles. The van der Waals surface area contributed by atoms with Gasteiger partial charge in [0.2, 0.25) is 17.5 Å². The van der Waals surface area contributed by atoms with Crippen LogP contribution in [0.2, 0.25) is 0 Å². The molecule has 1 amide bonds. The number of benzene rings is 1. The van der Waals surface area contributed by atoms with Crippen LogP contribution in [0.3, 0.4) is 0 Å². The molecule has 0 unspecified atom stereocenters. The maximum Gasteiger partial charge on any atom is 0.231 e. The summed E-state index contributed by atoms with van der Waals surface area (Å²) in [7, 11) is 0. The number of hydrogen-bond acceptors (Lipinski definition) is 5. The fourth-order valence-electron chi connectivity index (χ4n) is 1.93. The van der Waals surface area contributed by atoms with E-state index in [9.17, 15) is 19.2 Å². The Labute approximate surface area is 114 Å². The number of hydrogen-bond donors (Lipinski definition) is 2. The first-order valence-corrected chi connectivity index (χ1v) is 5.89. The molecule has 0 atom stereocenters. The first kappa shape index (κ1) is 13.7. The summed E-state index contributed by atoms with van der Waals surface area (Å²) in [5.74, 6) is -2.07. The number of allylic oxidation sites excluding steroid dienone is 2. The topological polar surface area (TPSA) is 106 Å². The summed E-state index contributed by atoms with van der Waals surface area (Å²) in [6.07, 6.45) is -0.375. The zero-order chi connectivity index (χ0) is 14.9. The van der Waals surface area contributed by atoms with Gasteiger partial charge in [0.1, 0.15) is 17.2 Å². The van der Waals surface area contributed by atoms with Gasteiger partial charge in [0.05, 0.1) is 6.42 Å². The van der Waals surface area contributed by atoms with E-state index in [-0.39, 0.29) is 34.7 Å². The lowest BCUT2D eigenvalue weighted by Gasteiger charge is -2.18. The van der Waals surface area contributed by atoms with E-state index >= 15 is 0 Å². The summed E-state index contributed by atoms with van der Waals surface area (Å²) < 4.78 is 0. The number of carbonyl (C=O) groups is 4. The van der Waals surface area contributed by atoms with Gasteiger partial charge in [0, 0.05) is 11.1 Å². The molecule has 0 aliphatic heterocycles. The Hall–Kier alpha value is -2.76. The Morgan fingerprint density at radius 1 is 1.10 bits per heavy atom. The minimum Gasteiger partial charge on any atom is -0.394 e. The summed E-state index contributed by atoms with van der Waals surface area (Å²) in [5.41, 5.74) is 5.43. The van der Waals surface area contributed by atoms with Crippen LogP contribution in [0.5, 0.6) is 0 Å². The van der Waals surface area contributed by atoms with E-state index in [1.54, 1.807) is 12.1 Å². The average molecular weight is 272 g/mol. The van der Waals surface area contributed by atoms with Gasteiger partial charge in [-0.2, -0.15) is 0 Å². The minimum absolute atomic E-state index is 0.185. The highest BCUT2D eigenvalue weighted by atomic mass is 16.2. The van der Waals surface area contributed by atoms with Crippen molar-refractivity contribution in [3.05, 3.63) is 46.8 Å². The largest absolute Gasteiger partial charge is 0.394 e. The average Bonchev–Trinajstić information content (AvgIpc) is 2.40. The van der Waals surface area contributed by atoms with E-state index in [4.69, 9.17) is 5.73 Å². The van der Waals surface area contributed by atoms with E-state index < -0.39 is 17.5 Å². The van der Waals surface area contributed by atoms with Crippen LogP contribution in [0.25, 0.3) is 0 Å². The molecule has 3 N–H and O–H groups in total. The molecule has 0 radical (unpaired) electrons. The number of rotatable bonds is 3. The third-order valence-electron chi connectivity index (χ3n) is 2.83. The second-order valence-electron chi connectivity index (χ2n) is 4.42. The number of ketones is 3. The monoisotopic (exact) mass is 272 g/mol. The molecule has 0 saturated carbocycles. The number of Topliss-reactive ketones (excluding diaryl/α,β-unsaturated/α-hetero) is 3. The molecule has 6 heteroatoms. The Bertz CT molecular complexity index is 674. The van der Waals surface area contributed by atoms with Crippen molar-refractivity contribution in [3.63, 3.8) is 0 Å². The van der Waals surface area contributed by atoms with Gasteiger partial charge in [-0.3, -0.25) is 19.2 Å². The Kier molecular flexibility index (Phi) is 3.47. The van der Waals surface area contributed by atoms with Crippen molar-refractivity contribution in [2.24, 2.45) is 5.73 Å². The fourth-order valence-corrected chi connectivity index (χ4v) is 1.93. The molecule has 6 nitrogen and oxygen atoms in total. The molecule has 20 heavy (non-hydrogen) atoms. The highest BCUT2D eigenvalue weighted by Crippen LogP contribution is 2.22. The van der Waals surface area contributed by atoms with Crippen molar-refractivity contribution in [2.45, 2.75) is 13.3 Å². The SMILES string of the molecule is CC(=O)CC(=O)NC1=C(N)C(=O)c2ccccc2C1=O. The van der Waals surface area contributed by atoms with Gasteiger partial charge in [-0.15, -0.1) is 0 Å². The number of carbonyl (C=O) groups excluding carboxylic acids is 4. The van der Waals surface area contributed by atoms with Crippen LogP contribution in [-0.4, -0.2) is 23.3 Å². The summed E-state index contributed by atoms with van der Waals surface area (Å²) in [4.78, 5) is 46.6. The molecule has 1 aliphatic carbocycles. The van der Waals surface area contributed by atoms with Crippen LogP contribution >= 0.6 is 0 Å². The molecule has 1 aliphatic rings. The number of amides is 1. The minimum atomic E-state index is -0.670. The Balaban J connectivity index is 2.37. The molecule has 2 rings (SSSR count). The lowest BCUT2D eigenvalue weighted by Crippen LogP contribution is -2.36. The summed E-state index contributed by atoms with van der Waals surface area (Å²) >= 11 is 0. The smallest absolute Gasteiger partial charge is 0.231 e. The molecule has 102 valence electrons. The second-order valence-corrected chi connectivity index (χ2v) is 4.42. The first-order chi connectivity index (χ1) is 9.41. The van der Waals surface area contributed by atoms with Crippen molar-refractivity contribution in [3.8, 4) is 0 Å². The molecule has 1 aromatic rings. The van der Waals surface area contributed by atoms with Crippen LogP contribution in [0, 0.1) is 0 Å². The molecule has 0 spiro atoms.